The SMILES string of the molecule is CC[C@@](C)(N)c1cnc(O[C@H]2C[C@@H](S(=O)(=O)CC)C2)c2cnc(Nc3ccc4c(n3)[C@@H](C)C(C)(C)OC4=O)cc12. The lowest BCUT2D eigenvalue weighted by molar-refractivity contribution is -0.0189. The van der Waals surface area contributed by atoms with Crippen LogP contribution in [-0.4, -0.2) is 52.0 Å². The van der Waals surface area contributed by atoms with E-state index in [0.29, 0.717) is 53.4 Å². The molecular formula is C29H37N5O5S. The Morgan fingerprint density at radius 1 is 1.15 bits per heavy atom. The normalized spacial score (nSPS) is 23.5. The zero-order valence-corrected chi connectivity index (χ0v) is 24.6. The largest absolute Gasteiger partial charge is 0.474 e. The van der Waals surface area contributed by atoms with Crippen LogP contribution in [0.4, 0.5) is 11.6 Å². The second kappa shape index (κ2) is 9.95. The van der Waals surface area contributed by atoms with Gasteiger partial charge >= 0.3 is 5.97 Å². The third kappa shape index (κ3) is 5.01. The van der Waals surface area contributed by atoms with Gasteiger partial charge in [-0.3, -0.25) is 0 Å². The van der Waals surface area contributed by atoms with E-state index in [0.717, 1.165) is 10.9 Å². The lowest BCUT2D eigenvalue weighted by Gasteiger charge is -2.36. The number of hydrogen-bond acceptors (Lipinski definition) is 10. The fraction of sp³-hybridized carbons (Fsp3) is 0.517. The number of hydrogen-bond donors (Lipinski definition) is 2. The van der Waals surface area contributed by atoms with Crippen molar-refractivity contribution in [1.82, 2.24) is 15.0 Å². The summed E-state index contributed by atoms with van der Waals surface area (Å²) in [6, 6.07) is 5.35. The Balaban J connectivity index is 1.47. The fourth-order valence-corrected chi connectivity index (χ4v) is 6.60. The van der Waals surface area contributed by atoms with Gasteiger partial charge in [-0.2, -0.15) is 0 Å². The number of nitrogens with zero attached hydrogens (tertiary/aromatic N) is 3. The van der Waals surface area contributed by atoms with E-state index in [9.17, 15) is 13.2 Å². The van der Waals surface area contributed by atoms with Gasteiger partial charge in [-0.05, 0) is 56.3 Å². The van der Waals surface area contributed by atoms with E-state index in [2.05, 4.69) is 15.3 Å². The number of pyridine rings is 3. The number of nitrogens with one attached hydrogen (secondary N) is 1. The van der Waals surface area contributed by atoms with E-state index in [1.807, 2.05) is 40.7 Å². The first-order valence-corrected chi connectivity index (χ1v) is 15.4. The van der Waals surface area contributed by atoms with Gasteiger partial charge < -0.3 is 20.5 Å². The maximum absolute atomic E-state index is 12.5. The number of anilines is 2. The summed E-state index contributed by atoms with van der Waals surface area (Å²) >= 11 is 0. The minimum absolute atomic E-state index is 0.0928. The van der Waals surface area contributed by atoms with Gasteiger partial charge in [0.1, 0.15) is 23.3 Å². The van der Waals surface area contributed by atoms with Gasteiger partial charge in [-0.15, -0.1) is 0 Å². The molecule has 0 radical (unpaired) electrons. The predicted molar refractivity (Wildman–Crippen MR) is 154 cm³/mol. The number of esters is 1. The molecule has 214 valence electrons. The van der Waals surface area contributed by atoms with E-state index in [-0.39, 0.29) is 29.0 Å². The summed E-state index contributed by atoms with van der Waals surface area (Å²) < 4.78 is 36.1. The highest BCUT2D eigenvalue weighted by Gasteiger charge is 2.41. The molecule has 3 aromatic heterocycles. The highest BCUT2D eigenvalue weighted by molar-refractivity contribution is 7.92. The number of cyclic esters (lactones) is 1. The molecule has 0 unspecified atom stereocenters. The molecule has 0 spiro atoms. The first kappa shape index (κ1) is 28.2. The lowest BCUT2D eigenvalue weighted by atomic mass is 9.84. The van der Waals surface area contributed by atoms with Gasteiger partial charge in [0.05, 0.1) is 21.9 Å². The summed E-state index contributed by atoms with van der Waals surface area (Å²) in [6.45, 7) is 11.4. The van der Waals surface area contributed by atoms with Crippen molar-refractivity contribution < 1.29 is 22.7 Å². The number of fused-ring (bicyclic) bond motifs is 2. The molecule has 1 aliphatic heterocycles. The zero-order valence-electron chi connectivity index (χ0n) is 23.8. The predicted octanol–water partition coefficient (Wildman–Crippen LogP) is 4.75. The molecule has 0 saturated heterocycles. The Bertz CT molecular complexity index is 1580. The Morgan fingerprint density at radius 2 is 1.88 bits per heavy atom. The summed E-state index contributed by atoms with van der Waals surface area (Å²) in [5.74, 6) is 1.17. The molecule has 40 heavy (non-hydrogen) atoms. The van der Waals surface area contributed by atoms with Crippen LogP contribution in [0.3, 0.4) is 0 Å². The fourth-order valence-electron chi connectivity index (χ4n) is 5.11. The Labute approximate surface area is 235 Å². The zero-order chi connectivity index (χ0) is 29.0. The number of rotatable bonds is 8. The number of ether oxygens (including phenoxy) is 2. The Kier molecular flexibility index (Phi) is 7.02. The van der Waals surface area contributed by atoms with Crippen LogP contribution in [0.25, 0.3) is 10.8 Å². The van der Waals surface area contributed by atoms with Crippen LogP contribution < -0.4 is 15.8 Å². The summed E-state index contributed by atoms with van der Waals surface area (Å²) in [5, 5.41) is 4.44. The smallest absolute Gasteiger partial charge is 0.340 e. The molecule has 3 N–H and O–H groups in total. The highest BCUT2D eigenvalue weighted by Crippen LogP contribution is 2.39. The maximum atomic E-state index is 12.5. The van der Waals surface area contributed by atoms with E-state index >= 15 is 0 Å². The lowest BCUT2D eigenvalue weighted by Crippen LogP contribution is -2.43. The summed E-state index contributed by atoms with van der Waals surface area (Å²) in [4.78, 5) is 26.4. The molecule has 10 nitrogen and oxygen atoms in total. The van der Waals surface area contributed by atoms with Gasteiger partial charge in [0, 0.05) is 42.4 Å². The van der Waals surface area contributed by atoms with Crippen molar-refractivity contribution >= 4 is 38.2 Å². The maximum Gasteiger partial charge on any atom is 0.340 e. The number of carbonyl (C=O) groups is 1. The van der Waals surface area contributed by atoms with Crippen molar-refractivity contribution in [2.45, 2.75) is 89.2 Å². The monoisotopic (exact) mass is 567 g/mol. The second-order valence-corrected chi connectivity index (χ2v) is 14.2. The number of aromatic nitrogens is 3. The molecule has 1 saturated carbocycles. The third-order valence-corrected chi connectivity index (χ3v) is 10.7. The average Bonchev–Trinajstić information content (AvgIpc) is 2.88. The molecule has 1 fully saturated rings. The van der Waals surface area contributed by atoms with Crippen LogP contribution in [0.1, 0.15) is 88.3 Å². The van der Waals surface area contributed by atoms with Crippen LogP contribution in [0.15, 0.2) is 30.6 Å². The van der Waals surface area contributed by atoms with Gasteiger partial charge in [-0.25, -0.2) is 28.2 Å². The molecule has 4 heterocycles. The molecule has 5 rings (SSSR count). The van der Waals surface area contributed by atoms with Crippen molar-refractivity contribution in [2.75, 3.05) is 11.1 Å². The molecule has 11 heteroatoms. The second-order valence-electron chi connectivity index (χ2n) is 11.6. The molecule has 2 atom stereocenters. The summed E-state index contributed by atoms with van der Waals surface area (Å²) in [7, 11) is -3.08. The third-order valence-electron chi connectivity index (χ3n) is 8.53. The van der Waals surface area contributed by atoms with Gasteiger partial charge in [0.2, 0.25) is 5.88 Å². The summed E-state index contributed by atoms with van der Waals surface area (Å²) in [6.07, 6.45) is 4.78. The van der Waals surface area contributed by atoms with Gasteiger partial charge in [0.15, 0.2) is 9.84 Å². The number of nitrogens with two attached hydrogens (primary N) is 1. The van der Waals surface area contributed by atoms with E-state index < -0.39 is 21.0 Å². The quantitative estimate of drug-likeness (QED) is 0.366. The molecule has 3 aromatic rings. The van der Waals surface area contributed by atoms with Crippen LogP contribution in [-0.2, 0) is 20.1 Å². The van der Waals surface area contributed by atoms with Gasteiger partial charge in [-0.1, -0.05) is 20.8 Å². The number of sulfone groups is 1. The van der Waals surface area contributed by atoms with Crippen LogP contribution in [0.5, 0.6) is 5.88 Å². The van der Waals surface area contributed by atoms with E-state index in [1.54, 1.807) is 31.5 Å². The van der Waals surface area contributed by atoms with E-state index in [1.165, 1.54) is 0 Å². The van der Waals surface area contributed by atoms with Crippen molar-refractivity contribution in [3.05, 3.63) is 47.4 Å². The topological polar surface area (TPSA) is 146 Å². The Hall–Kier alpha value is -3.31. The van der Waals surface area contributed by atoms with Crippen LogP contribution in [0, 0.1) is 0 Å². The van der Waals surface area contributed by atoms with Crippen LogP contribution in [0.2, 0.25) is 0 Å². The molecule has 0 aromatic carbocycles. The standard InChI is InChI=1S/C29H37N5O5S/c1-7-29(6,30)22-15-32-26(38-17-11-18(12-17)40(36,37)8-2)21-14-31-24(13-20(21)22)33-23-10-9-19-25(34-23)16(3)28(4,5)39-27(19)35/h9-10,13-18H,7-8,11-12,30H2,1-6H3,(H,31,33,34)/t16-,17-,18+,29-/m1/s1. The molecule has 0 bridgehead atoms. The minimum Gasteiger partial charge on any atom is -0.474 e. The van der Waals surface area contributed by atoms with Crippen molar-refractivity contribution in [3.63, 3.8) is 0 Å². The number of carbonyl (C=O) groups excluding carboxylic acids is 1. The van der Waals surface area contributed by atoms with Crippen molar-refractivity contribution in [2.24, 2.45) is 5.73 Å². The molecule has 1 aliphatic carbocycles. The van der Waals surface area contributed by atoms with Gasteiger partial charge in [0.25, 0.3) is 0 Å². The molecular weight excluding hydrogens is 530 g/mol. The summed E-state index contributed by atoms with van der Waals surface area (Å²) in [5.41, 5.74) is 7.34. The van der Waals surface area contributed by atoms with Crippen molar-refractivity contribution in [3.8, 4) is 5.88 Å². The van der Waals surface area contributed by atoms with Crippen LogP contribution >= 0.6 is 0 Å². The molecule has 2 aliphatic rings. The Morgan fingerprint density at radius 3 is 2.55 bits per heavy atom. The van der Waals surface area contributed by atoms with Crippen molar-refractivity contribution in [1.29, 1.82) is 0 Å². The molecule has 0 amide bonds. The highest BCUT2D eigenvalue weighted by atomic mass is 32.2. The first-order valence-electron chi connectivity index (χ1n) is 13.7. The first-order chi connectivity index (χ1) is 18.8. The van der Waals surface area contributed by atoms with E-state index in [4.69, 9.17) is 20.2 Å². The average molecular weight is 568 g/mol. The minimum atomic E-state index is -3.08.